The van der Waals surface area contributed by atoms with E-state index in [-0.39, 0.29) is 49.2 Å². The number of carboxylic acid groups (broad SMARTS) is 1. The molecule has 0 bridgehead atoms. The van der Waals surface area contributed by atoms with Crippen LogP contribution in [0.4, 0.5) is 8.78 Å². The Morgan fingerprint density at radius 3 is 2.21 bits per heavy atom. The average Bonchev–Trinajstić information content (AvgIpc) is 3.25. The summed E-state index contributed by atoms with van der Waals surface area (Å²) in [5.41, 5.74) is -5.96. The van der Waals surface area contributed by atoms with Crippen LogP contribution >= 0.6 is 23.2 Å². The minimum Gasteiger partial charge on any atom is -0.481 e. The summed E-state index contributed by atoms with van der Waals surface area (Å²) < 4.78 is 44.3. The number of fused-ring (bicyclic) bond motifs is 1. The van der Waals surface area contributed by atoms with Crippen molar-refractivity contribution >= 4 is 35.1 Å². The van der Waals surface area contributed by atoms with Gasteiger partial charge >= 0.3 is 5.97 Å². The molecule has 228 valence electrons. The van der Waals surface area contributed by atoms with Gasteiger partial charge in [-0.25, -0.2) is 8.78 Å². The fourth-order valence-electron chi connectivity index (χ4n) is 6.49. The first kappa shape index (κ1) is 31.3. The molecule has 1 saturated heterocycles. The van der Waals surface area contributed by atoms with Gasteiger partial charge in [0.25, 0.3) is 5.91 Å². The predicted octanol–water partition coefficient (Wildman–Crippen LogP) is 6.77. The van der Waals surface area contributed by atoms with Gasteiger partial charge in [0.2, 0.25) is 0 Å². The Morgan fingerprint density at radius 1 is 1.09 bits per heavy atom. The lowest BCUT2D eigenvalue weighted by Crippen LogP contribution is -2.51. The smallest absolute Gasteiger partial charge is 0.305 e. The molecule has 43 heavy (non-hydrogen) atoms. The van der Waals surface area contributed by atoms with E-state index < -0.39 is 47.2 Å². The number of hydrogen-bond donors (Lipinski definition) is 2. The first-order valence-corrected chi connectivity index (χ1v) is 14.6. The molecule has 0 saturated carbocycles. The molecule has 7 nitrogen and oxygen atoms in total. The summed E-state index contributed by atoms with van der Waals surface area (Å²) in [6.07, 6.45) is -0.875. The maximum absolute atomic E-state index is 16.6. The van der Waals surface area contributed by atoms with Crippen LogP contribution in [0.5, 0.6) is 0 Å². The Hall–Kier alpha value is -3.08. The van der Waals surface area contributed by atoms with E-state index >= 15 is 8.78 Å². The van der Waals surface area contributed by atoms with Crippen LogP contribution in [-0.4, -0.2) is 53.0 Å². The SMILES string of the molecule is CCC(O)(c1cc(F)c2c(c1)C(=O)N([C@@H](CC(=O)O)c1ccc(Cl)cc1)[C@@]2(OC)c1ccc(Cl)cc1)C1(F)CCOCC1. The van der Waals surface area contributed by atoms with Gasteiger partial charge in [-0.05, 0) is 53.9 Å². The topological polar surface area (TPSA) is 96.3 Å². The van der Waals surface area contributed by atoms with Gasteiger partial charge in [0.15, 0.2) is 5.72 Å². The van der Waals surface area contributed by atoms with Gasteiger partial charge in [0.1, 0.15) is 17.1 Å². The minimum atomic E-state index is -2.13. The van der Waals surface area contributed by atoms with Crippen LogP contribution in [0.1, 0.15) is 71.3 Å². The number of rotatable bonds is 9. The molecule has 3 aromatic rings. The van der Waals surface area contributed by atoms with E-state index in [9.17, 15) is 19.8 Å². The van der Waals surface area contributed by atoms with Crippen LogP contribution < -0.4 is 0 Å². The number of ether oxygens (including phenoxy) is 2. The van der Waals surface area contributed by atoms with Gasteiger partial charge in [-0.2, -0.15) is 0 Å². The molecule has 2 aliphatic heterocycles. The molecule has 3 aromatic carbocycles. The number of alkyl halides is 1. The zero-order valence-corrected chi connectivity index (χ0v) is 25.1. The monoisotopic (exact) mass is 633 g/mol. The molecule has 0 spiro atoms. The summed E-state index contributed by atoms with van der Waals surface area (Å²) in [6, 6.07) is 13.7. The lowest BCUT2D eigenvalue weighted by molar-refractivity contribution is -0.155. The number of carbonyl (C=O) groups is 2. The van der Waals surface area contributed by atoms with Crippen molar-refractivity contribution in [2.24, 2.45) is 0 Å². The molecule has 2 heterocycles. The predicted molar refractivity (Wildman–Crippen MR) is 156 cm³/mol. The quantitative estimate of drug-likeness (QED) is 0.270. The number of hydrogen-bond acceptors (Lipinski definition) is 5. The van der Waals surface area contributed by atoms with Crippen molar-refractivity contribution in [3.8, 4) is 0 Å². The van der Waals surface area contributed by atoms with Crippen LogP contribution in [0.2, 0.25) is 10.0 Å². The number of methoxy groups -OCH3 is 1. The second-order valence-electron chi connectivity index (χ2n) is 10.9. The number of nitrogens with zero attached hydrogens (tertiary/aromatic N) is 1. The Kier molecular flexibility index (Phi) is 8.59. The standard InChI is InChI=1S/C32H31Cl2F2NO6/c1-3-31(41,30(36)12-14-43-15-13-30)21-16-24-28(25(35)17-21)32(42-2,20-6-10-23(34)11-7-20)37(29(24)40)26(18-27(38)39)19-4-8-22(33)9-5-19/h4-11,16-17,26,41H,3,12-15,18H2,1-2H3,(H,38,39)/t26-,31?,32+/m0/s1. The van der Waals surface area contributed by atoms with Gasteiger partial charge in [0.05, 0.1) is 23.6 Å². The van der Waals surface area contributed by atoms with Gasteiger partial charge in [-0.1, -0.05) is 54.4 Å². The Bertz CT molecular complexity index is 1530. The second-order valence-corrected chi connectivity index (χ2v) is 11.7. The number of halogens is 4. The largest absolute Gasteiger partial charge is 0.481 e. The van der Waals surface area contributed by atoms with Gasteiger partial charge in [-0.3, -0.25) is 14.5 Å². The van der Waals surface area contributed by atoms with E-state index in [0.717, 1.165) is 6.07 Å². The Balaban J connectivity index is 1.78. The van der Waals surface area contributed by atoms with Crippen molar-refractivity contribution in [1.82, 2.24) is 4.90 Å². The maximum atomic E-state index is 16.6. The highest BCUT2D eigenvalue weighted by atomic mass is 35.5. The maximum Gasteiger partial charge on any atom is 0.305 e. The molecule has 1 unspecified atom stereocenters. The van der Waals surface area contributed by atoms with Gasteiger partial charge in [0, 0.05) is 48.8 Å². The molecular weight excluding hydrogens is 603 g/mol. The lowest BCUT2D eigenvalue weighted by atomic mass is 9.72. The second kappa shape index (κ2) is 11.8. The van der Waals surface area contributed by atoms with Crippen molar-refractivity contribution in [2.45, 2.75) is 55.6 Å². The highest BCUT2D eigenvalue weighted by Gasteiger charge is 2.58. The van der Waals surface area contributed by atoms with E-state index in [1.54, 1.807) is 55.5 Å². The van der Waals surface area contributed by atoms with Gasteiger partial charge in [-0.15, -0.1) is 0 Å². The molecule has 5 rings (SSSR count). The van der Waals surface area contributed by atoms with Crippen molar-refractivity contribution in [3.63, 3.8) is 0 Å². The molecule has 0 radical (unpaired) electrons. The third kappa shape index (κ3) is 5.11. The highest BCUT2D eigenvalue weighted by Crippen LogP contribution is 2.53. The third-order valence-electron chi connectivity index (χ3n) is 8.70. The van der Waals surface area contributed by atoms with Crippen molar-refractivity contribution in [1.29, 1.82) is 0 Å². The van der Waals surface area contributed by atoms with Crippen LogP contribution in [0.25, 0.3) is 0 Å². The molecule has 1 fully saturated rings. The Morgan fingerprint density at radius 2 is 1.67 bits per heavy atom. The zero-order valence-electron chi connectivity index (χ0n) is 23.6. The average molecular weight is 635 g/mol. The van der Waals surface area contributed by atoms with Crippen LogP contribution in [-0.2, 0) is 25.6 Å². The number of amides is 1. The highest BCUT2D eigenvalue weighted by molar-refractivity contribution is 6.30. The first-order chi connectivity index (χ1) is 20.4. The fourth-order valence-corrected chi connectivity index (χ4v) is 6.74. The van der Waals surface area contributed by atoms with E-state index in [1.807, 2.05) is 0 Å². The van der Waals surface area contributed by atoms with Crippen LogP contribution in [0.3, 0.4) is 0 Å². The van der Waals surface area contributed by atoms with E-state index in [2.05, 4.69) is 0 Å². The summed E-state index contributed by atoms with van der Waals surface area (Å²) in [4.78, 5) is 27.9. The number of benzene rings is 3. The van der Waals surface area contributed by atoms with Crippen LogP contribution in [0, 0.1) is 5.82 Å². The van der Waals surface area contributed by atoms with E-state index in [1.165, 1.54) is 18.1 Å². The molecular formula is C32H31Cl2F2NO6. The molecule has 2 aliphatic rings. The molecule has 0 aliphatic carbocycles. The molecule has 1 amide bonds. The summed E-state index contributed by atoms with van der Waals surface area (Å²) in [5, 5.41) is 22.5. The number of carboxylic acids is 1. The van der Waals surface area contributed by atoms with E-state index in [0.29, 0.717) is 21.2 Å². The molecule has 3 atom stereocenters. The summed E-state index contributed by atoms with van der Waals surface area (Å²) >= 11 is 12.3. The fraction of sp³-hybridized carbons (Fsp3) is 0.375. The van der Waals surface area contributed by atoms with Crippen molar-refractivity contribution < 1.29 is 38.1 Å². The Labute approximate surface area is 257 Å². The van der Waals surface area contributed by atoms with Crippen LogP contribution in [0.15, 0.2) is 60.7 Å². The molecule has 11 heteroatoms. The van der Waals surface area contributed by atoms with Gasteiger partial charge < -0.3 is 19.7 Å². The number of carbonyl (C=O) groups excluding carboxylic acids is 1. The molecule has 0 aromatic heterocycles. The normalized spacial score (nSPS) is 21.7. The summed E-state index contributed by atoms with van der Waals surface area (Å²) in [7, 11) is 1.29. The zero-order chi connectivity index (χ0) is 31.2. The summed E-state index contributed by atoms with van der Waals surface area (Å²) in [5.74, 6) is -2.90. The van der Waals surface area contributed by atoms with E-state index in [4.69, 9.17) is 32.7 Å². The summed E-state index contributed by atoms with van der Waals surface area (Å²) in [6.45, 7) is 1.76. The number of aliphatic hydroxyl groups is 1. The van der Waals surface area contributed by atoms with Crippen molar-refractivity contribution in [3.05, 3.63) is 104 Å². The first-order valence-electron chi connectivity index (χ1n) is 13.9. The molecule has 2 N–H and O–H groups in total. The van der Waals surface area contributed by atoms with Crippen molar-refractivity contribution in [2.75, 3.05) is 20.3 Å². The number of aliphatic carboxylic acids is 1. The minimum absolute atomic E-state index is 0.0836. The lowest BCUT2D eigenvalue weighted by Gasteiger charge is -2.44. The third-order valence-corrected chi connectivity index (χ3v) is 9.20.